The third kappa shape index (κ3) is 2.12. The summed E-state index contributed by atoms with van der Waals surface area (Å²) in [6, 6.07) is 1.80. The Morgan fingerprint density at radius 3 is 2.65 bits per heavy atom. The Bertz CT molecular complexity index is 411. The predicted molar refractivity (Wildman–Crippen MR) is 63.2 cm³/mol. The fraction of sp³-hybridized carbons (Fsp3) is 0.538. The van der Waals surface area contributed by atoms with Gasteiger partial charge in [0.05, 0.1) is 18.7 Å². The van der Waals surface area contributed by atoms with E-state index in [2.05, 4.69) is 4.98 Å². The number of rotatable bonds is 3. The summed E-state index contributed by atoms with van der Waals surface area (Å²) >= 11 is 0. The van der Waals surface area contributed by atoms with Crippen LogP contribution in [0.15, 0.2) is 18.5 Å². The molecule has 4 heteroatoms. The van der Waals surface area contributed by atoms with Gasteiger partial charge in [0.25, 0.3) is 0 Å². The molecule has 1 N–H and O–H groups in total. The largest absolute Gasteiger partial charge is 0.495 e. The zero-order valence-electron chi connectivity index (χ0n) is 9.98. The minimum absolute atomic E-state index is 0.619. The number of carboxylic acid groups (broad SMARTS) is 1. The van der Waals surface area contributed by atoms with E-state index < -0.39 is 11.4 Å². The summed E-state index contributed by atoms with van der Waals surface area (Å²) in [6.45, 7) is 0. The van der Waals surface area contributed by atoms with Crippen LogP contribution in [0.1, 0.15) is 37.7 Å². The Morgan fingerprint density at radius 2 is 2.06 bits per heavy atom. The molecule has 1 aliphatic rings. The molecule has 0 radical (unpaired) electrons. The minimum atomic E-state index is -0.764. The van der Waals surface area contributed by atoms with Gasteiger partial charge in [-0.1, -0.05) is 19.3 Å². The molecule has 4 nitrogen and oxygen atoms in total. The third-order valence-corrected chi connectivity index (χ3v) is 3.62. The van der Waals surface area contributed by atoms with Crippen LogP contribution in [-0.2, 0) is 10.2 Å². The highest BCUT2D eigenvalue weighted by atomic mass is 16.5. The molecule has 0 atom stereocenters. The van der Waals surface area contributed by atoms with Crippen LogP contribution in [0.3, 0.4) is 0 Å². The van der Waals surface area contributed by atoms with Crippen molar-refractivity contribution in [3.05, 3.63) is 24.0 Å². The van der Waals surface area contributed by atoms with Crippen LogP contribution in [0, 0.1) is 0 Å². The number of carboxylic acids is 1. The predicted octanol–water partition coefficient (Wildman–Crippen LogP) is 2.38. The molecule has 1 aromatic rings. The van der Waals surface area contributed by atoms with E-state index in [4.69, 9.17) is 4.74 Å². The summed E-state index contributed by atoms with van der Waals surface area (Å²) in [6.07, 6.45) is 7.68. The van der Waals surface area contributed by atoms with E-state index in [0.29, 0.717) is 18.6 Å². The second-order valence-electron chi connectivity index (χ2n) is 4.56. The van der Waals surface area contributed by atoms with Crippen LogP contribution in [0.4, 0.5) is 0 Å². The van der Waals surface area contributed by atoms with Gasteiger partial charge in [-0.2, -0.15) is 0 Å². The molecule has 2 rings (SSSR count). The van der Waals surface area contributed by atoms with Gasteiger partial charge in [0.1, 0.15) is 5.75 Å². The van der Waals surface area contributed by atoms with Gasteiger partial charge in [-0.05, 0) is 24.5 Å². The molecule has 0 aromatic carbocycles. The second-order valence-corrected chi connectivity index (χ2v) is 4.56. The maximum atomic E-state index is 11.6. The zero-order valence-corrected chi connectivity index (χ0v) is 9.98. The van der Waals surface area contributed by atoms with Crippen molar-refractivity contribution in [1.82, 2.24) is 4.98 Å². The summed E-state index contributed by atoms with van der Waals surface area (Å²) in [5, 5.41) is 9.54. The number of hydrogen-bond donors (Lipinski definition) is 1. The fourth-order valence-electron chi connectivity index (χ4n) is 2.57. The smallest absolute Gasteiger partial charge is 0.314 e. The molecule has 1 saturated carbocycles. The first-order valence-electron chi connectivity index (χ1n) is 5.92. The quantitative estimate of drug-likeness (QED) is 0.873. The molecular formula is C13H17NO3. The monoisotopic (exact) mass is 235 g/mol. The Kier molecular flexibility index (Phi) is 3.31. The number of aliphatic carboxylic acids is 1. The molecule has 0 aliphatic heterocycles. The molecule has 0 amide bonds. The summed E-state index contributed by atoms with van der Waals surface area (Å²) < 4.78 is 5.11. The second kappa shape index (κ2) is 4.73. The van der Waals surface area contributed by atoms with E-state index in [0.717, 1.165) is 24.8 Å². The van der Waals surface area contributed by atoms with Crippen LogP contribution < -0.4 is 4.74 Å². The fourth-order valence-corrected chi connectivity index (χ4v) is 2.57. The Labute approximate surface area is 101 Å². The van der Waals surface area contributed by atoms with Crippen LogP contribution >= 0.6 is 0 Å². The number of carbonyl (C=O) groups is 1. The lowest BCUT2D eigenvalue weighted by atomic mass is 9.70. The summed E-state index contributed by atoms with van der Waals surface area (Å²) in [4.78, 5) is 15.7. The lowest BCUT2D eigenvalue weighted by Crippen LogP contribution is -2.37. The highest BCUT2D eigenvalue weighted by Gasteiger charge is 2.41. The lowest BCUT2D eigenvalue weighted by Gasteiger charge is -2.33. The van der Waals surface area contributed by atoms with Gasteiger partial charge in [0.15, 0.2) is 0 Å². The van der Waals surface area contributed by atoms with Gasteiger partial charge in [-0.25, -0.2) is 0 Å². The number of hydrogen-bond acceptors (Lipinski definition) is 3. The molecule has 0 saturated heterocycles. The lowest BCUT2D eigenvalue weighted by molar-refractivity contribution is -0.145. The van der Waals surface area contributed by atoms with E-state index in [1.165, 1.54) is 0 Å². The molecule has 1 aliphatic carbocycles. The number of methoxy groups -OCH3 is 1. The van der Waals surface area contributed by atoms with E-state index in [9.17, 15) is 9.90 Å². The summed E-state index contributed by atoms with van der Waals surface area (Å²) in [5.41, 5.74) is 0.00354. The average Bonchev–Trinajstić information content (AvgIpc) is 2.39. The van der Waals surface area contributed by atoms with Crippen molar-refractivity contribution in [2.45, 2.75) is 37.5 Å². The average molecular weight is 235 g/mol. The first-order chi connectivity index (χ1) is 8.19. The summed E-state index contributed by atoms with van der Waals surface area (Å²) in [7, 11) is 1.56. The van der Waals surface area contributed by atoms with Crippen molar-refractivity contribution in [3.8, 4) is 5.75 Å². The molecule has 0 bridgehead atoms. The molecule has 1 fully saturated rings. The number of aromatic nitrogens is 1. The molecule has 1 aromatic heterocycles. The van der Waals surface area contributed by atoms with E-state index >= 15 is 0 Å². The van der Waals surface area contributed by atoms with E-state index in [1.54, 1.807) is 25.6 Å². The number of nitrogens with zero attached hydrogens (tertiary/aromatic N) is 1. The number of pyridine rings is 1. The van der Waals surface area contributed by atoms with Crippen LogP contribution in [0.5, 0.6) is 5.75 Å². The van der Waals surface area contributed by atoms with Crippen molar-refractivity contribution >= 4 is 5.97 Å². The van der Waals surface area contributed by atoms with Crippen molar-refractivity contribution in [1.29, 1.82) is 0 Å². The van der Waals surface area contributed by atoms with Gasteiger partial charge in [0.2, 0.25) is 0 Å². The van der Waals surface area contributed by atoms with Crippen LogP contribution in [0.2, 0.25) is 0 Å². The zero-order chi connectivity index (χ0) is 12.3. The SMILES string of the molecule is COc1cncc(C2(C(=O)O)CCCCC2)c1. The normalized spacial score (nSPS) is 18.6. The van der Waals surface area contributed by atoms with Gasteiger partial charge in [0, 0.05) is 6.20 Å². The highest BCUT2D eigenvalue weighted by Crippen LogP contribution is 2.40. The maximum Gasteiger partial charge on any atom is 0.314 e. The Balaban J connectivity index is 2.41. The third-order valence-electron chi connectivity index (χ3n) is 3.62. The van der Waals surface area contributed by atoms with Crippen molar-refractivity contribution in [2.24, 2.45) is 0 Å². The van der Waals surface area contributed by atoms with Crippen LogP contribution in [0.25, 0.3) is 0 Å². The van der Waals surface area contributed by atoms with Gasteiger partial charge >= 0.3 is 5.97 Å². The first kappa shape index (κ1) is 11.9. The Hall–Kier alpha value is -1.58. The molecule has 1 heterocycles. The topological polar surface area (TPSA) is 59.4 Å². The first-order valence-corrected chi connectivity index (χ1v) is 5.92. The van der Waals surface area contributed by atoms with Crippen molar-refractivity contribution in [3.63, 3.8) is 0 Å². The minimum Gasteiger partial charge on any atom is -0.495 e. The van der Waals surface area contributed by atoms with Gasteiger partial charge in [-0.15, -0.1) is 0 Å². The van der Waals surface area contributed by atoms with Gasteiger partial charge in [-0.3, -0.25) is 9.78 Å². The van der Waals surface area contributed by atoms with E-state index in [1.807, 2.05) is 0 Å². The molecule has 17 heavy (non-hydrogen) atoms. The molecular weight excluding hydrogens is 218 g/mol. The molecule has 0 spiro atoms. The Morgan fingerprint density at radius 1 is 1.35 bits per heavy atom. The van der Waals surface area contributed by atoms with E-state index in [-0.39, 0.29) is 0 Å². The van der Waals surface area contributed by atoms with Crippen molar-refractivity contribution < 1.29 is 14.6 Å². The van der Waals surface area contributed by atoms with Gasteiger partial charge < -0.3 is 9.84 Å². The molecule has 92 valence electrons. The summed E-state index contributed by atoms with van der Waals surface area (Å²) in [5.74, 6) is -0.124. The maximum absolute atomic E-state index is 11.6. The molecule has 0 unspecified atom stereocenters. The van der Waals surface area contributed by atoms with Crippen molar-refractivity contribution in [2.75, 3.05) is 7.11 Å². The van der Waals surface area contributed by atoms with Crippen LogP contribution in [-0.4, -0.2) is 23.2 Å². The standard InChI is InChI=1S/C13H17NO3/c1-17-11-7-10(8-14-9-11)13(12(15)16)5-3-2-4-6-13/h7-9H,2-6H2,1H3,(H,15,16). The number of ether oxygens (including phenoxy) is 1. The highest BCUT2D eigenvalue weighted by molar-refractivity contribution is 5.81.